The van der Waals surface area contributed by atoms with Crippen LogP contribution in [0, 0.1) is 5.92 Å². The van der Waals surface area contributed by atoms with Gasteiger partial charge in [0.1, 0.15) is 11.3 Å². The smallest absolute Gasteiger partial charge is 0.339 e. The van der Waals surface area contributed by atoms with Crippen LogP contribution >= 0.6 is 0 Å². The topological polar surface area (TPSA) is 72.2 Å². The van der Waals surface area contributed by atoms with Gasteiger partial charge in [-0.2, -0.15) is 0 Å². The van der Waals surface area contributed by atoms with Gasteiger partial charge in [0.25, 0.3) is 5.91 Å². The monoisotopic (exact) mass is 496 g/mol. The maximum absolute atomic E-state index is 13.3. The van der Waals surface area contributed by atoms with Crippen molar-refractivity contribution in [3.63, 3.8) is 0 Å². The van der Waals surface area contributed by atoms with Gasteiger partial charge in [-0.05, 0) is 94.5 Å². The summed E-state index contributed by atoms with van der Waals surface area (Å²) < 4.78 is 16.8. The minimum Gasteiger partial charge on any atom is -0.484 e. The zero-order valence-electron chi connectivity index (χ0n) is 21.6. The van der Waals surface area contributed by atoms with Crippen molar-refractivity contribution in [3.05, 3.63) is 39.7 Å². The van der Waals surface area contributed by atoms with Crippen molar-refractivity contribution < 1.29 is 18.7 Å². The number of carbonyl (C=O) groups is 1. The molecule has 196 valence electrons. The van der Waals surface area contributed by atoms with E-state index in [0.29, 0.717) is 36.4 Å². The molecule has 2 fully saturated rings. The lowest BCUT2D eigenvalue weighted by Gasteiger charge is -2.45. The van der Waals surface area contributed by atoms with E-state index in [1.54, 1.807) is 13.2 Å². The van der Waals surface area contributed by atoms with Crippen LogP contribution in [-0.2, 0) is 22.4 Å². The molecule has 0 radical (unpaired) electrons. The van der Waals surface area contributed by atoms with Crippen LogP contribution in [0.2, 0.25) is 0 Å². The second kappa shape index (κ2) is 11.8. The molecule has 1 aromatic heterocycles. The Bertz CT molecular complexity index is 1110. The van der Waals surface area contributed by atoms with Crippen molar-refractivity contribution in [2.24, 2.45) is 5.92 Å². The Hall–Kier alpha value is -2.38. The van der Waals surface area contributed by atoms with E-state index in [2.05, 4.69) is 4.90 Å². The van der Waals surface area contributed by atoms with E-state index in [-0.39, 0.29) is 18.1 Å². The molecule has 2 saturated heterocycles. The molecule has 2 aromatic rings. The quantitative estimate of drug-likeness (QED) is 0.383. The molecular weight excluding hydrogens is 456 g/mol. The molecule has 7 nitrogen and oxygen atoms in total. The normalized spacial score (nSPS) is 22.1. The standard InChI is InChI=1S/C29H40N2O5/c1-34-17-7-16-31(19-21-8-6-15-30-14-5-4-11-26(21)30)28(32)20-35-22-12-13-24-23-9-2-3-10-25(23)29(33)36-27(24)18-22/h12-13,18,21,26H,2-11,14-17,19-20H2,1H3/t21-,26+/m0/s1. The molecule has 3 aliphatic rings. The molecular formula is C29H40N2O5. The molecule has 0 bridgehead atoms. The fraction of sp³-hybridized carbons (Fsp3) is 0.655. The number of benzene rings is 1. The van der Waals surface area contributed by atoms with Gasteiger partial charge in [-0.1, -0.05) is 6.42 Å². The lowest BCUT2D eigenvalue weighted by atomic mass is 9.83. The van der Waals surface area contributed by atoms with Crippen molar-refractivity contribution in [2.75, 3.05) is 46.5 Å². The first-order valence-corrected chi connectivity index (χ1v) is 13.9. The van der Waals surface area contributed by atoms with Gasteiger partial charge < -0.3 is 23.7 Å². The number of rotatable bonds is 9. The summed E-state index contributed by atoms with van der Waals surface area (Å²) >= 11 is 0. The van der Waals surface area contributed by atoms with Gasteiger partial charge in [-0.25, -0.2) is 4.79 Å². The highest BCUT2D eigenvalue weighted by Crippen LogP contribution is 2.32. The highest BCUT2D eigenvalue weighted by atomic mass is 16.5. The second-order valence-corrected chi connectivity index (χ2v) is 10.7. The van der Waals surface area contributed by atoms with E-state index in [4.69, 9.17) is 13.9 Å². The van der Waals surface area contributed by atoms with Gasteiger partial charge in [0, 0.05) is 49.9 Å². The first-order chi connectivity index (χ1) is 17.6. The third-order valence-electron chi connectivity index (χ3n) is 8.37. The lowest BCUT2D eigenvalue weighted by Crippen LogP contribution is -2.52. The number of aryl methyl sites for hydroxylation is 1. The molecule has 0 N–H and O–H groups in total. The van der Waals surface area contributed by atoms with Gasteiger partial charge in [-0.15, -0.1) is 0 Å². The molecule has 7 heteroatoms. The Morgan fingerprint density at radius 2 is 1.92 bits per heavy atom. The lowest BCUT2D eigenvalue weighted by molar-refractivity contribution is -0.135. The summed E-state index contributed by atoms with van der Waals surface area (Å²) in [5.74, 6) is 1.08. The number of carbonyl (C=O) groups excluding carboxylic acids is 1. The average Bonchev–Trinajstić information content (AvgIpc) is 2.91. The summed E-state index contributed by atoms with van der Waals surface area (Å²) in [4.78, 5) is 30.4. The predicted molar refractivity (Wildman–Crippen MR) is 140 cm³/mol. The minimum absolute atomic E-state index is 0.00558. The van der Waals surface area contributed by atoms with Gasteiger partial charge in [-0.3, -0.25) is 4.79 Å². The maximum atomic E-state index is 13.3. The van der Waals surface area contributed by atoms with Gasteiger partial charge in [0.15, 0.2) is 6.61 Å². The highest BCUT2D eigenvalue weighted by molar-refractivity contribution is 5.83. The van der Waals surface area contributed by atoms with Crippen LogP contribution in [0.15, 0.2) is 27.4 Å². The number of methoxy groups -OCH3 is 1. The molecule has 1 aromatic carbocycles. The first kappa shape index (κ1) is 25.3. The number of piperidine rings is 2. The molecule has 2 aliphatic heterocycles. The molecule has 2 atom stereocenters. The summed E-state index contributed by atoms with van der Waals surface area (Å²) in [6.07, 6.45) is 10.9. The summed E-state index contributed by atoms with van der Waals surface area (Å²) in [5, 5.41) is 0.985. The van der Waals surface area contributed by atoms with E-state index < -0.39 is 0 Å². The van der Waals surface area contributed by atoms with Crippen LogP contribution in [0.3, 0.4) is 0 Å². The first-order valence-electron chi connectivity index (χ1n) is 13.9. The van der Waals surface area contributed by atoms with Crippen molar-refractivity contribution >= 4 is 16.9 Å². The summed E-state index contributed by atoms with van der Waals surface area (Å²) in [6.45, 7) is 4.48. The SMILES string of the molecule is COCCCN(C[C@@H]1CCCN2CCCC[C@H]12)C(=O)COc1ccc2c3c(c(=O)oc2c1)CCCC3. The maximum Gasteiger partial charge on any atom is 0.339 e. The van der Waals surface area contributed by atoms with Crippen molar-refractivity contribution in [1.29, 1.82) is 0 Å². The molecule has 5 rings (SSSR count). The third kappa shape index (κ3) is 5.62. The average molecular weight is 497 g/mol. The molecule has 1 aliphatic carbocycles. The Labute approximate surface area is 213 Å². The Kier molecular flexibility index (Phi) is 8.27. The molecule has 1 amide bonds. The summed E-state index contributed by atoms with van der Waals surface area (Å²) in [5.41, 5.74) is 2.24. The number of hydrogen-bond acceptors (Lipinski definition) is 6. The van der Waals surface area contributed by atoms with E-state index in [1.807, 2.05) is 17.0 Å². The summed E-state index contributed by atoms with van der Waals surface area (Å²) in [6, 6.07) is 6.22. The van der Waals surface area contributed by atoms with E-state index in [9.17, 15) is 9.59 Å². The number of ether oxygens (including phenoxy) is 2. The summed E-state index contributed by atoms with van der Waals surface area (Å²) in [7, 11) is 1.70. The minimum atomic E-state index is -0.237. The van der Waals surface area contributed by atoms with Crippen molar-refractivity contribution in [3.8, 4) is 5.75 Å². The van der Waals surface area contributed by atoms with Crippen molar-refractivity contribution in [2.45, 2.75) is 70.3 Å². The van der Waals surface area contributed by atoms with Gasteiger partial charge in [0.2, 0.25) is 0 Å². The molecule has 0 unspecified atom stereocenters. The van der Waals surface area contributed by atoms with Crippen LogP contribution in [0.4, 0.5) is 0 Å². The zero-order valence-corrected chi connectivity index (χ0v) is 21.6. The van der Waals surface area contributed by atoms with E-state index in [1.165, 1.54) is 45.2 Å². The van der Waals surface area contributed by atoms with Gasteiger partial charge in [0.05, 0.1) is 0 Å². The molecule has 0 saturated carbocycles. The van der Waals surface area contributed by atoms with Crippen LogP contribution < -0.4 is 10.4 Å². The number of nitrogens with zero attached hydrogens (tertiary/aromatic N) is 2. The fourth-order valence-electron chi connectivity index (χ4n) is 6.54. The predicted octanol–water partition coefficient (Wildman–Crippen LogP) is 4.18. The number of fused-ring (bicyclic) bond motifs is 4. The number of amides is 1. The number of hydrogen-bond donors (Lipinski definition) is 0. The highest BCUT2D eigenvalue weighted by Gasteiger charge is 2.34. The molecule has 0 spiro atoms. The van der Waals surface area contributed by atoms with Crippen molar-refractivity contribution in [1.82, 2.24) is 9.80 Å². The van der Waals surface area contributed by atoms with E-state index in [0.717, 1.165) is 55.2 Å². The van der Waals surface area contributed by atoms with Crippen LogP contribution in [0.1, 0.15) is 62.5 Å². The van der Waals surface area contributed by atoms with E-state index >= 15 is 0 Å². The Morgan fingerprint density at radius 1 is 1.08 bits per heavy atom. The van der Waals surface area contributed by atoms with Crippen LogP contribution in [-0.4, -0.2) is 68.3 Å². The molecule has 36 heavy (non-hydrogen) atoms. The molecule has 3 heterocycles. The fourth-order valence-corrected chi connectivity index (χ4v) is 6.54. The Morgan fingerprint density at radius 3 is 2.78 bits per heavy atom. The third-order valence-corrected chi connectivity index (χ3v) is 8.37. The van der Waals surface area contributed by atoms with Crippen LogP contribution in [0.25, 0.3) is 11.0 Å². The second-order valence-electron chi connectivity index (χ2n) is 10.7. The zero-order chi connectivity index (χ0) is 24.9. The Balaban J connectivity index is 1.26. The van der Waals surface area contributed by atoms with Crippen LogP contribution in [0.5, 0.6) is 5.75 Å². The largest absolute Gasteiger partial charge is 0.484 e. The van der Waals surface area contributed by atoms with Gasteiger partial charge >= 0.3 is 5.63 Å².